The summed E-state index contributed by atoms with van der Waals surface area (Å²) in [5.41, 5.74) is 3.18. The number of aryl methyl sites for hydroxylation is 2. The molecular weight excluding hydrogens is 242 g/mol. The number of ketones is 1. The van der Waals surface area contributed by atoms with E-state index in [-0.39, 0.29) is 5.92 Å². The molecule has 92 valence electrons. The Hall–Kier alpha value is -1.48. The van der Waals surface area contributed by atoms with Gasteiger partial charge in [-0.3, -0.25) is 4.79 Å². The first kappa shape index (κ1) is 11.6. The number of benzene rings is 1. The molecule has 0 saturated heterocycles. The summed E-state index contributed by atoms with van der Waals surface area (Å²) in [6.45, 7) is 2.00. The van der Waals surface area contributed by atoms with Crippen LogP contribution in [0.4, 0.5) is 0 Å². The summed E-state index contributed by atoms with van der Waals surface area (Å²) in [5.74, 6) is 0.412. The van der Waals surface area contributed by atoms with Gasteiger partial charge in [0, 0.05) is 29.0 Å². The van der Waals surface area contributed by atoms with Gasteiger partial charge in [-0.15, -0.1) is 11.3 Å². The molecule has 2 nitrogen and oxygen atoms in total. The van der Waals surface area contributed by atoms with Crippen LogP contribution < -0.4 is 0 Å². The molecule has 3 rings (SSSR count). The second-order valence-corrected chi connectivity index (χ2v) is 5.79. The third-order valence-corrected chi connectivity index (χ3v) is 4.49. The standard InChI is InChI=1S/C15H15NOS/c1-10-9-18-14(16-10)8-12-7-6-11-4-2-3-5-13(11)15(12)17/h2-5,9,12H,6-8H2,1H3. The van der Waals surface area contributed by atoms with Crippen molar-refractivity contribution >= 4 is 17.1 Å². The van der Waals surface area contributed by atoms with E-state index in [1.54, 1.807) is 11.3 Å². The van der Waals surface area contributed by atoms with E-state index in [4.69, 9.17) is 0 Å². The molecule has 1 aromatic carbocycles. The van der Waals surface area contributed by atoms with Gasteiger partial charge in [0.1, 0.15) is 0 Å². The molecule has 0 aliphatic heterocycles. The topological polar surface area (TPSA) is 30.0 Å². The van der Waals surface area contributed by atoms with E-state index in [0.717, 1.165) is 35.5 Å². The van der Waals surface area contributed by atoms with Crippen LogP contribution in [0.3, 0.4) is 0 Å². The van der Waals surface area contributed by atoms with Crippen LogP contribution in [-0.2, 0) is 12.8 Å². The van der Waals surface area contributed by atoms with Gasteiger partial charge in [0.05, 0.1) is 5.01 Å². The average molecular weight is 257 g/mol. The van der Waals surface area contributed by atoms with E-state index in [9.17, 15) is 4.79 Å². The van der Waals surface area contributed by atoms with Gasteiger partial charge in [-0.25, -0.2) is 4.98 Å². The highest BCUT2D eigenvalue weighted by Crippen LogP contribution is 2.28. The molecule has 0 saturated carbocycles. The van der Waals surface area contributed by atoms with Crippen LogP contribution in [0, 0.1) is 12.8 Å². The second-order valence-electron chi connectivity index (χ2n) is 4.84. The fraction of sp³-hybridized carbons (Fsp3) is 0.333. The van der Waals surface area contributed by atoms with Gasteiger partial charge in [0.15, 0.2) is 5.78 Å². The van der Waals surface area contributed by atoms with Crippen LogP contribution >= 0.6 is 11.3 Å². The molecule has 0 spiro atoms. The molecule has 1 atom stereocenters. The molecule has 0 radical (unpaired) electrons. The van der Waals surface area contributed by atoms with Crippen LogP contribution in [0.25, 0.3) is 0 Å². The third-order valence-electron chi connectivity index (χ3n) is 3.50. The number of rotatable bonds is 2. The SMILES string of the molecule is Cc1csc(CC2CCc3ccccc3C2=O)n1. The first-order valence-electron chi connectivity index (χ1n) is 6.27. The van der Waals surface area contributed by atoms with Crippen molar-refractivity contribution in [2.45, 2.75) is 26.2 Å². The van der Waals surface area contributed by atoms with Crippen LogP contribution in [0.1, 0.15) is 33.0 Å². The lowest BCUT2D eigenvalue weighted by Gasteiger charge is -2.22. The molecule has 0 bridgehead atoms. The Morgan fingerprint density at radius 3 is 3.00 bits per heavy atom. The second kappa shape index (κ2) is 4.65. The number of Topliss-reactive ketones (excluding diaryl/α,β-unsaturated/α-hetero) is 1. The van der Waals surface area contributed by atoms with E-state index in [2.05, 4.69) is 16.4 Å². The zero-order valence-corrected chi connectivity index (χ0v) is 11.2. The summed E-state index contributed by atoms with van der Waals surface area (Å²) >= 11 is 1.66. The summed E-state index contributed by atoms with van der Waals surface area (Å²) in [6.07, 6.45) is 2.76. The lowest BCUT2D eigenvalue weighted by atomic mass is 9.81. The molecule has 2 aromatic rings. The highest BCUT2D eigenvalue weighted by molar-refractivity contribution is 7.09. The lowest BCUT2D eigenvalue weighted by Crippen LogP contribution is -2.24. The van der Waals surface area contributed by atoms with Gasteiger partial charge in [0.25, 0.3) is 0 Å². The molecule has 1 aromatic heterocycles. The van der Waals surface area contributed by atoms with E-state index in [1.807, 2.05) is 25.1 Å². The Morgan fingerprint density at radius 2 is 2.22 bits per heavy atom. The Labute approximate surface area is 111 Å². The number of carbonyl (C=O) groups is 1. The molecule has 0 amide bonds. The Kier molecular flexibility index (Phi) is 3.00. The summed E-state index contributed by atoms with van der Waals surface area (Å²) in [6, 6.07) is 7.98. The van der Waals surface area contributed by atoms with Gasteiger partial charge >= 0.3 is 0 Å². The minimum Gasteiger partial charge on any atom is -0.294 e. The summed E-state index contributed by atoms with van der Waals surface area (Å²) in [5, 5.41) is 3.14. The van der Waals surface area contributed by atoms with Crippen LogP contribution in [0.5, 0.6) is 0 Å². The van der Waals surface area contributed by atoms with Gasteiger partial charge in [-0.2, -0.15) is 0 Å². The number of carbonyl (C=O) groups excluding carboxylic acids is 1. The first-order chi connectivity index (χ1) is 8.74. The van der Waals surface area contributed by atoms with Crippen LogP contribution in [0.2, 0.25) is 0 Å². The van der Waals surface area contributed by atoms with Crippen molar-refractivity contribution in [2.24, 2.45) is 5.92 Å². The smallest absolute Gasteiger partial charge is 0.166 e. The minimum atomic E-state index is 0.116. The van der Waals surface area contributed by atoms with Crippen molar-refractivity contribution in [3.05, 3.63) is 51.5 Å². The maximum atomic E-state index is 12.4. The van der Waals surface area contributed by atoms with E-state index < -0.39 is 0 Å². The number of fused-ring (bicyclic) bond motifs is 1. The molecular formula is C15H15NOS. The number of hydrogen-bond acceptors (Lipinski definition) is 3. The number of thiazole rings is 1. The van der Waals surface area contributed by atoms with Gasteiger partial charge in [-0.1, -0.05) is 24.3 Å². The van der Waals surface area contributed by atoms with E-state index in [1.165, 1.54) is 5.56 Å². The third kappa shape index (κ3) is 2.10. The summed E-state index contributed by atoms with van der Waals surface area (Å²) in [4.78, 5) is 16.9. The first-order valence-corrected chi connectivity index (χ1v) is 7.15. The largest absolute Gasteiger partial charge is 0.294 e. The molecule has 1 aliphatic carbocycles. The zero-order chi connectivity index (χ0) is 12.5. The molecule has 3 heteroatoms. The summed E-state index contributed by atoms with van der Waals surface area (Å²) in [7, 11) is 0. The predicted octanol–water partition coefficient (Wildman–Crippen LogP) is 3.44. The highest BCUT2D eigenvalue weighted by atomic mass is 32.1. The Morgan fingerprint density at radius 1 is 1.39 bits per heavy atom. The van der Waals surface area contributed by atoms with Gasteiger partial charge < -0.3 is 0 Å². The van der Waals surface area contributed by atoms with Crippen molar-refractivity contribution in [1.82, 2.24) is 4.98 Å². The molecule has 0 fully saturated rings. The quantitative estimate of drug-likeness (QED) is 0.825. The molecule has 0 N–H and O–H groups in total. The maximum absolute atomic E-state index is 12.4. The number of hydrogen-bond donors (Lipinski definition) is 0. The predicted molar refractivity (Wildman–Crippen MR) is 73.1 cm³/mol. The van der Waals surface area contributed by atoms with Gasteiger partial charge in [-0.05, 0) is 25.3 Å². The van der Waals surface area contributed by atoms with Crippen LogP contribution in [0.15, 0.2) is 29.6 Å². The Balaban J connectivity index is 1.82. The van der Waals surface area contributed by atoms with Crippen molar-refractivity contribution in [2.75, 3.05) is 0 Å². The highest BCUT2D eigenvalue weighted by Gasteiger charge is 2.27. The van der Waals surface area contributed by atoms with E-state index >= 15 is 0 Å². The van der Waals surface area contributed by atoms with E-state index in [0.29, 0.717) is 5.78 Å². The average Bonchev–Trinajstić information content (AvgIpc) is 2.79. The maximum Gasteiger partial charge on any atom is 0.166 e. The minimum absolute atomic E-state index is 0.116. The number of nitrogens with zero attached hydrogens (tertiary/aromatic N) is 1. The molecule has 1 aliphatic rings. The molecule has 1 unspecified atom stereocenters. The normalized spacial score (nSPS) is 18.7. The van der Waals surface area contributed by atoms with Crippen molar-refractivity contribution in [1.29, 1.82) is 0 Å². The Bertz CT molecular complexity index is 588. The van der Waals surface area contributed by atoms with Crippen LogP contribution in [-0.4, -0.2) is 10.8 Å². The molecule has 18 heavy (non-hydrogen) atoms. The lowest BCUT2D eigenvalue weighted by molar-refractivity contribution is 0.0901. The van der Waals surface area contributed by atoms with Gasteiger partial charge in [0.2, 0.25) is 0 Å². The fourth-order valence-electron chi connectivity index (χ4n) is 2.56. The fourth-order valence-corrected chi connectivity index (χ4v) is 3.41. The summed E-state index contributed by atoms with van der Waals surface area (Å²) < 4.78 is 0. The van der Waals surface area contributed by atoms with Crippen molar-refractivity contribution in [3.8, 4) is 0 Å². The molecule has 1 heterocycles. The van der Waals surface area contributed by atoms with Crippen molar-refractivity contribution < 1.29 is 4.79 Å². The zero-order valence-electron chi connectivity index (χ0n) is 10.3. The monoisotopic (exact) mass is 257 g/mol. The number of aromatic nitrogens is 1. The van der Waals surface area contributed by atoms with Crippen molar-refractivity contribution in [3.63, 3.8) is 0 Å².